The molecule has 0 aliphatic rings. The smallest absolute Gasteiger partial charge is 0.225 e. The summed E-state index contributed by atoms with van der Waals surface area (Å²) in [5.74, 6) is 1.40. The molecule has 2 aromatic heterocycles. The fourth-order valence-electron chi connectivity index (χ4n) is 1.76. The van der Waals surface area contributed by atoms with Crippen molar-refractivity contribution in [3.05, 3.63) is 41.0 Å². The quantitative estimate of drug-likeness (QED) is 0.571. The van der Waals surface area contributed by atoms with Crippen LogP contribution in [0.4, 0.5) is 5.95 Å². The fourth-order valence-corrected chi connectivity index (χ4v) is 2.84. The maximum atomic E-state index is 5.88. The second-order valence-corrected chi connectivity index (χ2v) is 5.55. The summed E-state index contributed by atoms with van der Waals surface area (Å²) in [6.07, 6.45) is 1.75. The lowest BCUT2D eigenvalue weighted by molar-refractivity contribution is 1.06. The van der Waals surface area contributed by atoms with E-state index >= 15 is 0 Å². The van der Waals surface area contributed by atoms with Crippen LogP contribution in [0.2, 0.25) is 5.02 Å². The number of hydrogen-bond acceptors (Lipinski definition) is 5. The molecule has 20 heavy (non-hydrogen) atoms. The lowest BCUT2D eigenvalue weighted by Gasteiger charge is -2.05. The first-order chi connectivity index (χ1) is 9.76. The van der Waals surface area contributed by atoms with Crippen molar-refractivity contribution in [2.45, 2.75) is 10.8 Å². The van der Waals surface area contributed by atoms with Crippen molar-refractivity contribution in [2.24, 2.45) is 0 Å². The molecular weight excluding hydrogens is 294 g/mol. The largest absolute Gasteiger partial charge is 0.357 e. The Kier molecular flexibility index (Phi) is 3.75. The molecular formula is C13H12ClN5S. The SMILES string of the molecule is CNc1nc(SCc2ccc(Cl)cc2)c2cn[nH]c2n1. The average Bonchev–Trinajstić information content (AvgIpc) is 2.94. The number of H-pyrrole nitrogens is 1. The Hall–Kier alpha value is -1.79. The molecule has 0 amide bonds. The Labute approximate surface area is 125 Å². The molecule has 0 unspecified atom stereocenters. The van der Waals surface area contributed by atoms with Gasteiger partial charge in [0.25, 0.3) is 0 Å². The van der Waals surface area contributed by atoms with Gasteiger partial charge in [-0.05, 0) is 17.7 Å². The third-order valence-corrected chi connectivity index (χ3v) is 4.10. The van der Waals surface area contributed by atoms with Gasteiger partial charge in [0.05, 0.1) is 11.6 Å². The van der Waals surface area contributed by atoms with Crippen LogP contribution in [0.3, 0.4) is 0 Å². The average molecular weight is 306 g/mol. The number of thioether (sulfide) groups is 1. The molecule has 0 bridgehead atoms. The predicted molar refractivity (Wildman–Crippen MR) is 82.2 cm³/mol. The highest BCUT2D eigenvalue weighted by Crippen LogP contribution is 2.28. The van der Waals surface area contributed by atoms with Gasteiger partial charge in [-0.25, -0.2) is 4.98 Å². The Bertz CT molecular complexity index is 725. The molecule has 1 aromatic carbocycles. The topological polar surface area (TPSA) is 66.5 Å². The van der Waals surface area contributed by atoms with Crippen molar-refractivity contribution in [1.82, 2.24) is 20.2 Å². The first kappa shape index (κ1) is 13.2. The number of hydrogen-bond donors (Lipinski definition) is 2. The van der Waals surface area contributed by atoms with Gasteiger partial charge in [-0.2, -0.15) is 10.1 Å². The van der Waals surface area contributed by atoms with E-state index in [1.807, 2.05) is 24.3 Å². The Morgan fingerprint density at radius 1 is 1.25 bits per heavy atom. The number of nitrogens with one attached hydrogen (secondary N) is 2. The summed E-state index contributed by atoms with van der Waals surface area (Å²) in [7, 11) is 1.80. The molecule has 5 nitrogen and oxygen atoms in total. The molecule has 0 saturated heterocycles. The van der Waals surface area contributed by atoms with Crippen LogP contribution in [0.25, 0.3) is 11.0 Å². The zero-order valence-electron chi connectivity index (χ0n) is 10.7. The van der Waals surface area contributed by atoms with Crippen LogP contribution in [0, 0.1) is 0 Å². The number of aromatic nitrogens is 4. The van der Waals surface area contributed by atoms with E-state index in [-0.39, 0.29) is 0 Å². The Balaban J connectivity index is 1.86. The summed E-state index contributed by atoms with van der Waals surface area (Å²) in [4.78, 5) is 8.79. The molecule has 7 heteroatoms. The summed E-state index contributed by atoms with van der Waals surface area (Å²) in [6, 6.07) is 7.82. The van der Waals surface area contributed by atoms with Crippen molar-refractivity contribution in [3.8, 4) is 0 Å². The molecule has 0 fully saturated rings. The van der Waals surface area contributed by atoms with Gasteiger partial charge in [-0.3, -0.25) is 5.10 Å². The normalized spacial score (nSPS) is 10.9. The van der Waals surface area contributed by atoms with Crippen molar-refractivity contribution in [1.29, 1.82) is 0 Å². The molecule has 3 aromatic rings. The minimum absolute atomic E-state index is 0.584. The van der Waals surface area contributed by atoms with Crippen LogP contribution in [-0.4, -0.2) is 27.2 Å². The standard InChI is InChI=1S/C13H12ClN5S/c1-15-13-17-11-10(6-16-19-11)12(18-13)20-7-8-2-4-9(14)5-3-8/h2-6H,7H2,1H3,(H2,15,16,17,18,19). The van der Waals surface area contributed by atoms with E-state index in [0.717, 1.165) is 26.8 Å². The van der Waals surface area contributed by atoms with E-state index in [4.69, 9.17) is 11.6 Å². The van der Waals surface area contributed by atoms with E-state index < -0.39 is 0 Å². The molecule has 102 valence electrons. The summed E-state index contributed by atoms with van der Waals surface area (Å²) in [5, 5.41) is 12.4. The van der Waals surface area contributed by atoms with Gasteiger partial charge in [-0.1, -0.05) is 23.7 Å². The second-order valence-electron chi connectivity index (χ2n) is 4.15. The number of nitrogens with zero attached hydrogens (tertiary/aromatic N) is 3. The van der Waals surface area contributed by atoms with Gasteiger partial charge in [0, 0.05) is 17.8 Å². The van der Waals surface area contributed by atoms with E-state index in [1.54, 1.807) is 25.0 Å². The zero-order valence-corrected chi connectivity index (χ0v) is 12.3. The molecule has 3 rings (SSSR count). The van der Waals surface area contributed by atoms with E-state index in [1.165, 1.54) is 5.56 Å². The Morgan fingerprint density at radius 3 is 2.80 bits per heavy atom. The number of rotatable bonds is 4. The molecule has 0 aliphatic carbocycles. The van der Waals surface area contributed by atoms with Gasteiger partial charge in [0.2, 0.25) is 5.95 Å². The molecule has 2 heterocycles. The highest BCUT2D eigenvalue weighted by Gasteiger charge is 2.09. The summed E-state index contributed by atoms with van der Waals surface area (Å²) >= 11 is 7.53. The lowest BCUT2D eigenvalue weighted by Crippen LogP contribution is -1.98. The van der Waals surface area contributed by atoms with Gasteiger partial charge < -0.3 is 5.32 Å². The predicted octanol–water partition coefficient (Wildman–Crippen LogP) is 3.34. The summed E-state index contributed by atoms with van der Waals surface area (Å²) in [6.45, 7) is 0. The first-order valence-corrected chi connectivity index (χ1v) is 7.39. The van der Waals surface area contributed by atoms with Crippen LogP contribution < -0.4 is 5.32 Å². The van der Waals surface area contributed by atoms with Crippen LogP contribution in [0.5, 0.6) is 0 Å². The summed E-state index contributed by atoms with van der Waals surface area (Å²) < 4.78 is 0. The summed E-state index contributed by atoms with van der Waals surface area (Å²) in [5.41, 5.74) is 1.93. The van der Waals surface area contributed by atoms with Crippen molar-refractivity contribution in [2.75, 3.05) is 12.4 Å². The van der Waals surface area contributed by atoms with Gasteiger partial charge in [0.1, 0.15) is 5.03 Å². The number of benzene rings is 1. The highest BCUT2D eigenvalue weighted by molar-refractivity contribution is 7.98. The van der Waals surface area contributed by atoms with E-state index in [0.29, 0.717) is 5.95 Å². The molecule has 0 atom stereocenters. The van der Waals surface area contributed by atoms with Crippen LogP contribution in [0.15, 0.2) is 35.5 Å². The monoisotopic (exact) mass is 305 g/mol. The van der Waals surface area contributed by atoms with Crippen molar-refractivity contribution < 1.29 is 0 Å². The minimum atomic E-state index is 0.584. The van der Waals surface area contributed by atoms with Crippen molar-refractivity contribution in [3.63, 3.8) is 0 Å². The van der Waals surface area contributed by atoms with Gasteiger partial charge >= 0.3 is 0 Å². The van der Waals surface area contributed by atoms with Crippen LogP contribution in [-0.2, 0) is 5.75 Å². The molecule has 0 saturated carbocycles. The number of halogens is 1. The third kappa shape index (κ3) is 2.71. The number of aromatic amines is 1. The van der Waals surface area contributed by atoms with Gasteiger partial charge in [0.15, 0.2) is 5.65 Å². The Morgan fingerprint density at radius 2 is 2.05 bits per heavy atom. The molecule has 0 radical (unpaired) electrons. The van der Waals surface area contributed by atoms with Crippen LogP contribution in [0.1, 0.15) is 5.56 Å². The lowest BCUT2D eigenvalue weighted by atomic mass is 10.2. The maximum absolute atomic E-state index is 5.88. The number of anilines is 1. The molecule has 2 N–H and O–H groups in total. The third-order valence-electron chi connectivity index (χ3n) is 2.79. The fraction of sp³-hybridized carbons (Fsp3) is 0.154. The van der Waals surface area contributed by atoms with Gasteiger partial charge in [-0.15, -0.1) is 11.8 Å². The maximum Gasteiger partial charge on any atom is 0.225 e. The second kappa shape index (κ2) is 5.68. The van der Waals surface area contributed by atoms with E-state index in [9.17, 15) is 0 Å². The first-order valence-electron chi connectivity index (χ1n) is 6.02. The van der Waals surface area contributed by atoms with Crippen molar-refractivity contribution >= 4 is 40.3 Å². The minimum Gasteiger partial charge on any atom is -0.357 e. The zero-order chi connectivity index (χ0) is 13.9. The molecule has 0 spiro atoms. The molecule has 0 aliphatic heterocycles. The number of fused-ring (bicyclic) bond motifs is 1. The van der Waals surface area contributed by atoms with Crippen LogP contribution >= 0.6 is 23.4 Å². The highest BCUT2D eigenvalue weighted by atomic mass is 35.5. The van der Waals surface area contributed by atoms with E-state index in [2.05, 4.69) is 25.5 Å².